The predicted octanol–water partition coefficient (Wildman–Crippen LogP) is 4.26. The van der Waals surface area contributed by atoms with Crippen LogP contribution in [0, 0.1) is 0 Å². The predicted molar refractivity (Wildman–Crippen MR) is 117 cm³/mol. The van der Waals surface area contributed by atoms with Crippen molar-refractivity contribution in [2.45, 2.75) is 51.0 Å². The maximum absolute atomic E-state index is 13.1. The number of aryl methyl sites for hydroxylation is 1. The number of aromatic amines is 2. The Kier molecular flexibility index (Phi) is 5.68. The maximum atomic E-state index is 13.1. The van der Waals surface area contributed by atoms with Crippen LogP contribution >= 0.6 is 11.6 Å². The number of nitrogens with one attached hydrogen (secondary N) is 2. The van der Waals surface area contributed by atoms with Gasteiger partial charge in [-0.2, -0.15) is 10.2 Å². The molecule has 1 aliphatic carbocycles. The number of para-hydroxylation sites is 1. The molecule has 3 aromatic rings. The van der Waals surface area contributed by atoms with Gasteiger partial charge in [-0.25, -0.2) is 0 Å². The van der Waals surface area contributed by atoms with E-state index in [0.29, 0.717) is 29.6 Å². The lowest BCUT2D eigenvalue weighted by Crippen LogP contribution is -2.29. The minimum atomic E-state index is 0.0414. The van der Waals surface area contributed by atoms with Crippen LogP contribution < -0.4 is 4.74 Å². The van der Waals surface area contributed by atoms with Crippen molar-refractivity contribution in [2.75, 3.05) is 13.1 Å². The van der Waals surface area contributed by atoms with Gasteiger partial charge in [0.15, 0.2) is 5.69 Å². The third-order valence-electron chi connectivity index (χ3n) is 6.27. The standard InChI is InChI=1S/C23H26ClN5O2/c24-18-7-4-5-9-21(18)31-14-16-12-20(27-25-16)15-10-11-29(13-15)23(30)22-17-6-2-1-3-8-19(17)26-28-22/h4-5,7,9,12,15H,1-3,6,8,10-11,13-14H2,(H,25,27)(H,26,28)/t15-/m1/s1. The molecular weight excluding hydrogens is 414 g/mol. The first-order valence-corrected chi connectivity index (χ1v) is 11.3. The van der Waals surface area contributed by atoms with Gasteiger partial charge in [-0.1, -0.05) is 30.2 Å². The molecule has 2 aliphatic rings. The van der Waals surface area contributed by atoms with Crippen LogP contribution in [0.5, 0.6) is 5.75 Å². The molecule has 2 aromatic heterocycles. The van der Waals surface area contributed by atoms with Gasteiger partial charge in [0.25, 0.3) is 5.91 Å². The number of ether oxygens (including phenoxy) is 1. The topological polar surface area (TPSA) is 86.9 Å². The zero-order valence-electron chi connectivity index (χ0n) is 17.4. The van der Waals surface area contributed by atoms with Crippen LogP contribution in [0.25, 0.3) is 0 Å². The summed E-state index contributed by atoms with van der Waals surface area (Å²) in [7, 11) is 0. The van der Waals surface area contributed by atoms with Crippen molar-refractivity contribution < 1.29 is 9.53 Å². The lowest BCUT2D eigenvalue weighted by molar-refractivity contribution is 0.0783. The summed E-state index contributed by atoms with van der Waals surface area (Å²) >= 11 is 6.14. The van der Waals surface area contributed by atoms with Crippen LogP contribution in [0.3, 0.4) is 0 Å². The number of fused-ring (bicyclic) bond motifs is 1. The molecule has 1 fully saturated rings. The fourth-order valence-corrected chi connectivity index (χ4v) is 4.74. The number of aromatic nitrogens is 4. The summed E-state index contributed by atoms with van der Waals surface area (Å²) in [5, 5.41) is 15.6. The number of likely N-dealkylation sites (tertiary alicyclic amines) is 1. The molecule has 1 amide bonds. The van der Waals surface area contributed by atoms with Gasteiger partial charge in [-0.05, 0) is 50.3 Å². The van der Waals surface area contributed by atoms with Crippen LogP contribution in [0.4, 0.5) is 0 Å². The highest BCUT2D eigenvalue weighted by atomic mass is 35.5. The summed E-state index contributed by atoms with van der Waals surface area (Å²) in [4.78, 5) is 15.1. The number of hydrogen-bond acceptors (Lipinski definition) is 4. The average molecular weight is 440 g/mol. The molecule has 8 heteroatoms. The molecule has 0 radical (unpaired) electrons. The van der Waals surface area contributed by atoms with Gasteiger partial charge in [0.1, 0.15) is 12.4 Å². The van der Waals surface area contributed by atoms with E-state index in [1.165, 1.54) is 6.42 Å². The van der Waals surface area contributed by atoms with E-state index in [9.17, 15) is 4.79 Å². The normalized spacial score (nSPS) is 18.6. The molecule has 1 aliphatic heterocycles. The lowest BCUT2D eigenvalue weighted by atomic mass is 10.0. The molecule has 0 bridgehead atoms. The second kappa shape index (κ2) is 8.75. The molecule has 162 valence electrons. The molecule has 0 unspecified atom stereocenters. The van der Waals surface area contributed by atoms with Crippen LogP contribution in [-0.2, 0) is 19.4 Å². The van der Waals surface area contributed by atoms with E-state index in [2.05, 4.69) is 20.4 Å². The molecular formula is C23H26ClN5O2. The summed E-state index contributed by atoms with van der Waals surface area (Å²) in [6.45, 7) is 1.76. The number of amides is 1. The molecule has 7 nitrogen and oxygen atoms in total. The van der Waals surface area contributed by atoms with E-state index in [1.54, 1.807) is 6.07 Å². The molecule has 5 rings (SSSR count). The summed E-state index contributed by atoms with van der Waals surface area (Å²) in [6.07, 6.45) is 6.33. The van der Waals surface area contributed by atoms with Crippen molar-refractivity contribution in [3.05, 3.63) is 63.7 Å². The Labute approximate surface area is 186 Å². The van der Waals surface area contributed by atoms with Gasteiger partial charge in [0.2, 0.25) is 0 Å². The second-order valence-corrected chi connectivity index (χ2v) is 8.77. The third kappa shape index (κ3) is 4.19. The van der Waals surface area contributed by atoms with Crippen LogP contribution in [0.15, 0.2) is 30.3 Å². The lowest BCUT2D eigenvalue weighted by Gasteiger charge is -2.15. The van der Waals surface area contributed by atoms with Crippen molar-refractivity contribution in [3.8, 4) is 5.75 Å². The average Bonchev–Trinajstić information content (AvgIpc) is 3.50. The maximum Gasteiger partial charge on any atom is 0.274 e. The molecule has 3 heterocycles. The molecule has 1 atom stereocenters. The zero-order valence-corrected chi connectivity index (χ0v) is 18.1. The molecule has 1 aromatic carbocycles. The zero-order chi connectivity index (χ0) is 21.2. The van der Waals surface area contributed by atoms with Gasteiger partial charge < -0.3 is 9.64 Å². The first-order valence-electron chi connectivity index (χ1n) is 11.0. The Morgan fingerprint density at radius 1 is 1.16 bits per heavy atom. The Morgan fingerprint density at radius 3 is 2.94 bits per heavy atom. The molecule has 1 saturated heterocycles. The van der Waals surface area contributed by atoms with E-state index in [4.69, 9.17) is 16.3 Å². The smallest absolute Gasteiger partial charge is 0.274 e. The summed E-state index contributed by atoms with van der Waals surface area (Å²) in [6, 6.07) is 9.43. The van der Waals surface area contributed by atoms with Gasteiger partial charge >= 0.3 is 0 Å². The van der Waals surface area contributed by atoms with Gasteiger partial charge in [-0.3, -0.25) is 15.0 Å². The van der Waals surface area contributed by atoms with Crippen molar-refractivity contribution in [1.82, 2.24) is 25.3 Å². The Balaban J connectivity index is 1.22. The number of rotatable bonds is 5. The van der Waals surface area contributed by atoms with E-state index in [0.717, 1.165) is 61.3 Å². The fourth-order valence-electron chi connectivity index (χ4n) is 4.55. The minimum absolute atomic E-state index is 0.0414. The SMILES string of the molecule is O=C(c1n[nH]c2c1CCCCC2)N1CC[C@@H](c2cc(COc3ccccc3Cl)[nH]n2)C1. The monoisotopic (exact) mass is 439 g/mol. The fraction of sp³-hybridized carbons (Fsp3) is 0.435. The first kappa shape index (κ1) is 20.1. The Hall–Kier alpha value is -2.80. The number of halogens is 1. The van der Waals surface area contributed by atoms with Crippen LogP contribution in [-0.4, -0.2) is 44.3 Å². The van der Waals surface area contributed by atoms with Gasteiger partial charge in [0, 0.05) is 30.3 Å². The number of benzene rings is 1. The molecule has 31 heavy (non-hydrogen) atoms. The summed E-state index contributed by atoms with van der Waals surface area (Å²) in [5.41, 5.74) is 4.75. The number of hydrogen-bond donors (Lipinski definition) is 2. The molecule has 0 spiro atoms. The van der Waals surface area contributed by atoms with Crippen LogP contribution in [0.1, 0.15) is 64.7 Å². The number of H-pyrrole nitrogens is 2. The Morgan fingerprint density at radius 2 is 2.03 bits per heavy atom. The highest BCUT2D eigenvalue weighted by Gasteiger charge is 2.32. The molecule has 0 saturated carbocycles. The summed E-state index contributed by atoms with van der Waals surface area (Å²) < 4.78 is 5.79. The summed E-state index contributed by atoms with van der Waals surface area (Å²) in [5.74, 6) is 0.905. The molecule has 2 N–H and O–H groups in total. The highest BCUT2D eigenvalue weighted by Crippen LogP contribution is 2.30. The van der Waals surface area contributed by atoms with Crippen molar-refractivity contribution in [1.29, 1.82) is 0 Å². The number of nitrogens with zero attached hydrogens (tertiary/aromatic N) is 3. The van der Waals surface area contributed by atoms with E-state index in [1.807, 2.05) is 29.2 Å². The third-order valence-corrected chi connectivity index (χ3v) is 6.59. The largest absolute Gasteiger partial charge is 0.486 e. The minimum Gasteiger partial charge on any atom is -0.486 e. The number of carbonyl (C=O) groups excluding carboxylic acids is 1. The van der Waals surface area contributed by atoms with Crippen molar-refractivity contribution >= 4 is 17.5 Å². The second-order valence-electron chi connectivity index (χ2n) is 8.36. The number of carbonyl (C=O) groups is 1. The first-order chi connectivity index (χ1) is 15.2. The van der Waals surface area contributed by atoms with E-state index >= 15 is 0 Å². The van der Waals surface area contributed by atoms with Crippen molar-refractivity contribution in [3.63, 3.8) is 0 Å². The Bertz CT molecular complexity index is 1080. The van der Waals surface area contributed by atoms with E-state index < -0.39 is 0 Å². The highest BCUT2D eigenvalue weighted by molar-refractivity contribution is 6.32. The quantitative estimate of drug-likeness (QED) is 0.581. The van der Waals surface area contributed by atoms with Gasteiger partial charge in [0.05, 0.1) is 16.4 Å². The van der Waals surface area contributed by atoms with Crippen molar-refractivity contribution in [2.24, 2.45) is 0 Å². The van der Waals surface area contributed by atoms with Gasteiger partial charge in [-0.15, -0.1) is 0 Å². The van der Waals surface area contributed by atoms with E-state index in [-0.39, 0.29) is 11.8 Å². The van der Waals surface area contributed by atoms with Crippen LogP contribution in [0.2, 0.25) is 5.02 Å².